The van der Waals surface area contributed by atoms with Gasteiger partial charge >= 0.3 is 0 Å². The number of fused-ring (bicyclic) bond motifs is 1. The fraction of sp³-hybridized carbons (Fsp3) is 0.350. The molecule has 7 heteroatoms. The number of nitrogens with zero attached hydrogens (tertiary/aromatic N) is 4. The second-order valence-corrected chi connectivity index (χ2v) is 6.57. The Hall–Kier alpha value is -2.93. The molecule has 0 radical (unpaired) electrons. The summed E-state index contributed by atoms with van der Waals surface area (Å²) in [6.07, 6.45) is 3.30. The van der Waals surface area contributed by atoms with E-state index in [1.165, 1.54) is 0 Å². The number of aliphatic hydroxyl groups excluding tert-OH is 1. The molecule has 1 aromatic carbocycles. The highest BCUT2D eigenvalue weighted by molar-refractivity contribution is 5.96. The minimum atomic E-state index is -0.205. The Morgan fingerprint density at radius 1 is 1.30 bits per heavy atom. The van der Waals surface area contributed by atoms with Crippen molar-refractivity contribution in [1.82, 2.24) is 19.4 Å². The molecule has 142 valence electrons. The summed E-state index contributed by atoms with van der Waals surface area (Å²) in [4.78, 5) is 23.4. The van der Waals surface area contributed by atoms with Gasteiger partial charge in [-0.15, -0.1) is 0 Å². The van der Waals surface area contributed by atoms with Crippen LogP contribution in [0.5, 0.6) is 5.75 Å². The standard InChI is InChI=1S/C20H24N4O3/c1-14(2)24-13-22-17-10-16(11-21-19(17)24)20(26)23(8-9-25)12-15-6-4-5-7-18(15)27-3/h4-7,10-11,13-14,25H,8-9,12H2,1-3H3. The molecule has 0 bridgehead atoms. The second-order valence-electron chi connectivity index (χ2n) is 6.57. The molecule has 0 saturated carbocycles. The van der Waals surface area contributed by atoms with Gasteiger partial charge in [-0.2, -0.15) is 0 Å². The third-order valence-corrected chi connectivity index (χ3v) is 4.43. The number of carbonyl (C=O) groups is 1. The first-order chi connectivity index (χ1) is 13.0. The van der Waals surface area contributed by atoms with Crippen molar-refractivity contribution in [2.24, 2.45) is 0 Å². The largest absolute Gasteiger partial charge is 0.496 e. The molecule has 1 amide bonds. The van der Waals surface area contributed by atoms with Crippen molar-refractivity contribution in [3.63, 3.8) is 0 Å². The van der Waals surface area contributed by atoms with E-state index in [-0.39, 0.29) is 25.1 Å². The van der Waals surface area contributed by atoms with Gasteiger partial charge in [-0.3, -0.25) is 4.79 Å². The minimum absolute atomic E-state index is 0.126. The summed E-state index contributed by atoms with van der Waals surface area (Å²) in [6.45, 7) is 4.53. The average molecular weight is 368 g/mol. The molecule has 0 aliphatic heterocycles. The van der Waals surface area contributed by atoms with Crippen molar-refractivity contribution < 1.29 is 14.6 Å². The van der Waals surface area contributed by atoms with Crippen LogP contribution in [0.25, 0.3) is 11.2 Å². The molecule has 0 fully saturated rings. The van der Waals surface area contributed by atoms with Crippen LogP contribution in [0.4, 0.5) is 0 Å². The van der Waals surface area contributed by atoms with E-state index in [1.807, 2.05) is 28.8 Å². The van der Waals surface area contributed by atoms with Crippen molar-refractivity contribution in [1.29, 1.82) is 0 Å². The zero-order valence-corrected chi connectivity index (χ0v) is 15.8. The number of ether oxygens (including phenoxy) is 1. The zero-order chi connectivity index (χ0) is 19.4. The van der Waals surface area contributed by atoms with E-state index < -0.39 is 0 Å². The van der Waals surface area contributed by atoms with Gasteiger partial charge in [-0.05, 0) is 26.0 Å². The van der Waals surface area contributed by atoms with Gasteiger partial charge in [0.25, 0.3) is 5.91 Å². The van der Waals surface area contributed by atoms with Crippen LogP contribution >= 0.6 is 0 Å². The van der Waals surface area contributed by atoms with Gasteiger partial charge in [-0.25, -0.2) is 9.97 Å². The summed E-state index contributed by atoms with van der Waals surface area (Å²) >= 11 is 0. The maximum atomic E-state index is 13.0. The maximum Gasteiger partial charge on any atom is 0.255 e. The number of benzene rings is 1. The first kappa shape index (κ1) is 18.8. The molecule has 3 rings (SSSR count). The smallest absolute Gasteiger partial charge is 0.255 e. The molecule has 0 spiro atoms. The molecule has 2 heterocycles. The van der Waals surface area contributed by atoms with E-state index in [1.54, 1.807) is 30.6 Å². The Kier molecular flexibility index (Phi) is 5.71. The van der Waals surface area contributed by atoms with Crippen LogP contribution in [0.15, 0.2) is 42.9 Å². The quantitative estimate of drug-likeness (QED) is 0.693. The van der Waals surface area contributed by atoms with Gasteiger partial charge in [0.1, 0.15) is 11.3 Å². The van der Waals surface area contributed by atoms with E-state index >= 15 is 0 Å². The molecule has 0 atom stereocenters. The SMILES string of the molecule is COc1ccccc1CN(CCO)C(=O)c1cnc2c(c1)ncn2C(C)C. The highest BCUT2D eigenvalue weighted by atomic mass is 16.5. The average Bonchev–Trinajstić information content (AvgIpc) is 3.11. The van der Waals surface area contributed by atoms with Crippen LogP contribution < -0.4 is 4.74 Å². The van der Waals surface area contributed by atoms with Crippen LogP contribution in [0.2, 0.25) is 0 Å². The van der Waals surface area contributed by atoms with E-state index in [4.69, 9.17) is 4.74 Å². The van der Waals surface area contributed by atoms with Gasteiger partial charge in [0.2, 0.25) is 0 Å². The van der Waals surface area contributed by atoms with Gasteiger partial charge in [0.15, 0.2) is 5.65 Å². The lowest BCUT2D eigenvalue weighted by molar-refractivity contribution is 0.0706. The number of rotatable bonds is 7. The number of pyridine rings is 1. The number of imidazole rings is 1. The summed E-state index contributed by atoms with van der Waals surface area (Å²) in [5.41, 5.74) is 2.75. The Bertz CT molecular complexity index is 936. The molecule has 2 aromatic heterocycles. The first-order valence-corrected chi connectivity index (χ1v) is 8.89. The molecule has 0 unspecified atom stereocenters. The van der Waals surface area contributed by atoms with Crippen LogP contribution in [0.1, 0.15) is 35.8 Å². The van der Waals surface area contributed by atoms with Crippen molar-refractivity contribution in [3.05, 3.63) is 54.0 Å². The van der Waals surface area contributed by atoms with Crippen LogP contribution in [0.3, 0.4) is 0 Å². The number of methoxy groups -OCH3 is 1. The number of aliphatic hydroxyl groups is 1. The molecule has 0 aliphatic rings. The highest BCUT2D eigenvalue weighted by Crippen LogP contribution is 2.21. The van der Waals surface area contributed by atoms with Crippen molar-refractivity contribution >= 4 is 17.1 Å². The zero-order valence-electron chi connectivity index (χ0n) is 15.8. The minimum Gasteiger partial charge on any atom is -0.496 e. The summed E-state index contributed by atoms with van der Waals surface area (Å²) < 4.78 is 7.33. The topological polar surface area (TPSA) is 80.5 Å². The number of hydrogen-bond acceptors (Lipinski definition) is 5. The first-order valence-electron chi connectivity index (χ1n) is 8.89. The molecule has 0 aliphatic carbocycles. The number of hydrogen-bond donors (Lipinski definition) is 1. The van der Waals surface area contributed by atoms with E-state index in [2.05, 4.69) is 23.8 Å². The molecule has 0 saturated heterocycles. The predicted molar refractivity (Wildman–Crippen MR) is 103 cm³/mol. The van der Waals surface area contributed by atoms with Gasteiger partial charge in [-0.1, -0.05) is 18.2 Å². The van der Waals surface area contributed by atoms with Gasteiger partial charge in [0, 0.05) is 30.9 Å². The number of para-hydroxylation sites is 1. The lowest BCUT2D eigenvalue weighted by Crippen LogP contribution is -2.33. The molecule has 27 heavy (non-hydrogen) atoms. The third kappa shape index (κ3) is 3.93. The summed E-state index contributed by atoms with van der Waals surface area (Å²) in [5, 5.41) is 9.42. The Morgan fingerprint density at radius 2 is 2.07 bits per heavy atom. The van der Waals surface area contributed by atoms with Crippen molar-refractivity contribution in [2.75, 3.05) is 20.3 Å². The third-order valence-electron chi connectivity index (χ3n) is 4.43. The molecular formula is C20H24N4O3. The van der Waals surface area contributed by atoms with E-state index in [0.29, 0.717) is 23.4 Å². The lowest BCUT2D eigenvalue weighted by atomic mass is 10.1. The van der Waals surface area contributed by atoms with Crippen molar-refractivity contribution in [2.45, 2.75) is 26.4 Å². The second kappa shape index (κ2) is 8.18. The number of aromatic nitrogens is 3. The Morgan fingerprint density at radius 3 is 2.78 bits per heavy atom. The fourth-order valence-corrected chi connectivity index (χ4v) is 3.01. The Labute approximate surface area is 158 Å². The summed E-state index contributed by atoms with van der Waals surface area (Å²) in [5.74, 6) is 0.501. The van der Waals surface area contributed by atoms with E-state index in [0.717, 1.165) is 11.2 Å². The molecule has 1 N–H and O–H groups in total. The van der Waals surface area contributed by atoms with Gasteiger partial charge in [0.05, 0.1) is 25.6 Å². The predicted octanol–water partition coefficient (Wildman–Crippen LogP) is 2.66. The van der Waals surface area contributed by atoms with E-state index in [9.17, 15) is 9.90 Å². The number of carbonyl (C=O) groups excluding carboxylic acids is 1. The summed E-state index contributed by atoms with van der Waals surface area (Å²) in [7, 11) is 1.60. The molecule has 7 nitrogen and oxygen atoms in total. The van der Waals surface area contributed by atoms with Crippen LogP contribution in [-0.2, 0) is 6.54 Å². The maximum absolute atomic E-state index is 13.0. The molecular weight excluding hydrogens is 344 g/mol. The van der Waals surface area contributed by atoms with Crippen molar-refractivity contribution in [3.8, 4) is 5.75 Å². The van der Waals surface area contributed by atoms with Gasteiger partial charge < -0.3 is 19.3 Å². The van der Waals surface area contributed by atoms with Crippen LogP contribution in [0, 0.1) is 0 Å². The Balaban J connectivity index is 1.89. The monoisotopic (exact) mass is 368 g/mol. The summed E-state index contributed by atoms with van der Waals surface area (Å²) in [6, 6.07) is 9.51. The highest BCUT2D eigenvalue weighted by Gasteiger charge is 2.19. The molecule has 3 aromatic rings. The van der Waals surface area contributed by atoms with Crippen LogP contribution in [-0.4, -0.2) is 50.7 Å². The number of amides is 1. The normalized spacial score (nSPS) is 11.1. The lowest BCUT2D eigenvalue weighted by Gasteiger charge is -2.23. The fourth-order valence-electron chi connectivity index (χ4n) is 3.01.